The quantitative estimate of drug-likeness (QED) is 0.440. The Morgan fingerprint density at radius 1 is 0.943 bits per heavy atom. The van der Waals surface area contributed by atoms with E-state index in [0.717, 1.165) is 5.56 Å². The summed E-state index contributed by atoms with van der Waals surface area (Å²) in [5, 5.41) is 18.7. The van der Waals surface area contributed by atoms with Crippen molar-refractivity contribution in [1.82, 2.24) is 9.80 Å². The number of rotatable bonds is 7. The molecule has 10 nitrogen and oxygen atoms in total. The lowest BCUT2D eigenvalue weighted by molar-refractivity contribution is -0.285. The van der Waals surface area contributed by atoms with Gasteiger partial charge in [0.2, 0.25) is 0 Å². The summed E-state index contributed by atoms with van der Waals surface area (Å²) in [5.74, 6) is -0.376. The van der Waals surface area contributed by atoms with E-state index in [1.165, 1.54) is 6.07 Å². The summed E-state index contributed by atoms with van der Waals surface area (Å²) in [5.41, 5.74) is 1.06. The minimum Gasteiger partial charge on any atom is -0.337 e. The smallest absolute Gasteiger partial charge is 0.260 e. The van der Waals surface area contributed by atoms with Crippen LogP contribution < -0.4 is 4.47 Å². The lowest BCUT2D eigenvalue weighted by Gasteiger charge is -2.36. The van der Waals surface area contributed by atoms with E-state index in [9.17, 15) is 23.2 Å². The minimum absolute atomic E-state index is 0.144. The molecule has 2 aromatic carbocycles. The molecule has 2 aromatic rings. The number of nitrogens with zero attached hydrogens (tertiary/aromatic N) is 3. The molecule has 1 heterocycles. The first-order chi connectivity index (χ1) is 16.7. The van der Waals surface area contributed by atoms with Crippen molar-refractivity contribution < 1.29 is 33.4 Å². The highest BCUT2D eigenvalue weighted by atomic mass is 32.2. The molecule has 0 radical (unpaired) electrons. The molecule has 0 spiro atoms. The lowest BCUT2D eigenvalue weighted by Crippen LogP contribution is -2.53. The van der Waals surface area contributed by atoms with Gasteiger partial charge < -0.3 is 9.80 Å². The van der Waals surface area contributed by atoms with E-state index < -0.39 is 20.9 Å². The van der Waals surface area contributed by atoms with Gasteiger partial charge in [-0.25, -0.2) is 13.3 Å². The molecule has 0 unspecified atom stereocenters. The number of amides is 2. The van der Waals surface area contributed by atoms with Crippen LogP contribution in [0.3, 0.4) is 0 Å². The molecule has 5 rings (SSSR count). The fourth-order valence-corrected chi connectivity index (χ4v) is 5.73. The normalized spacial score (nSPS) is 19.4. The Kier molecular flexibility index (Phi) is 6.04. The summed E-state index contributed by atoms with van der Waals surface area (Å²) < 4.78 is 25.0. The molecule has 0 bridgehead atoms. The maximum atomic E-state index is 13.0. The third-order valence-electron chi connectivity index (χ3n) is 6.84. The van der Waals surface area contributed by atoms with E-state index in [4.69, 9.17) is 5.26 Å². The predicted molar refractivity (Wildman–Crippen MR) is 126 cm³/mol. The van der Waals surface area contributed by atoms with Crippen molar-refractivity contribution in [3.05, 3.63) is 54.1 Å². The van der Waals surface area contributed by atoms with Crippen molar-refractivity contribution in [1.29, 1.82) is 0 Å². The van der Waals surface area contributed by atoms with Gasteiger partial charge in [0.05, 0.1) is 10.9 Å². The molecule has 2 amide bonds. The van der Waals surface area contributed by atoms with Gasteiger partial charge in [0, 0.05) is 31.7 Å². The summed E-state index contributed by atoms with van der Waals surface area (Å²) in [6, 6.07) is 13.6. The lowest BCUT2D eigenvalue weighted by atomic mass is 10.0. The summed E-state index contributed by atoms with van der Waals surface area (Å²) in [6.45, 7) is 1.53. The Labute approximate surface area is 203 Å². The second kappa shape index (κ2) is 8.90. The average Bonchev–Trinajstić information content (AvgIpc) is 3.81. The first-order valence-corrected chi connectivity index (χ1v) is 13.1. The van der Waals surface area contributed by atoms with Gasteiger partial charge in [-0.05, 0) is 61.1 Å². The van der Waals surface area contributed by atoms with E-state index in [0.29, 0.717) is 67.5 Å². The fourth-order valence-electron chi connectivity index (χ4n) is 4.30. The van der Waals surface area contributed by atoms with Crippen molar-refractivity contribution in [3.8, 4) is 11.1 Å². The fraction of sp³-hybridized carbons (Fsp3) is 0.417. The van der Waals surface area contributed by atoms with Gasteiger partial charge >= 0.3 is 0 Å². The molecule has 0 atom stereocenters. The second-order valence-electron chi connectivity index (χ2n) is 9.28. The van der Waals surface area contributed by atoms with Crippen molar-refractivity contribution in [2.45, 2.75) is 36.5 Å². The molecule has 2 N–H and O–H groups in total. The number of sulfonamides is 1. The van der Waals surface area contributed by atoms with Gasteiger partial charge in [-0.1, -0.05) is 24.3 Å². The number of anilines is 1. The largest absolute Gasteiger partial charge is 0.337 e. The molecule has 1 aliphatic heterocycles. The van der Waals surface area contributed by atoms with E-state index in [-0.39, 0.29) is 17.5 Å². The van der Waals surface area contributed by atoms with Crippen molar-refractivity contribution >= 4 is 27.5 Å². The van der Waals surface area contributed by atoms with Gasteiger partial charge in [-0.2, -0.15) is 0 Å². The zero-order valence-electron chi connectivity index (χ0n) is 19.0. The maximum Gasteiger partial charge on any atom is 0.260 e. The summed E-state index contributed by atoms with van der Waals surface area (Å²) in [4.78, 5) is 33.1. The Hall–Kier alpha value is -2.99. The first kappa shape index (κ1) is 23.7. The van der Waals surface area contributed by atoms with Crippen LogP contribution in [-0.2, 0) is 19.7 Å². The zero-order valence-corrected chi connectivity index (χ0v) is 19.9. The SMILES string of the molecule is O=C(c1ccc(-c2cccc(N(O)S(=O)(=O)C3CC3)c2)cc1)N1CCN(C(=O)C2(OO)CC2)CC1. The second-order valence-corrected chi connectivity index (χ2v) is 11.3. The molecule has 11 heteroatoms. The van der Waals surface area contributed by atoms with Crippen molar-refractivity contribution in [3.63, 3.8) is 0 Å². The highest BCUT2D eigenvalue weighted by Crippen LogP contribution is 2.40. The van der Waals surface area contributed by atoms with Crippen LogP contribution in [0.1, 0.15) is 36.0 Å². The Balaban J connectivity index is 1.23. The molecule has 2 saturated carbocycles. The van der Waals surface area contributed by atoms with Crippen LogP contribution in [0.15, 0.2) is 48.5 Å². The standard InChI is InChI=1S/C24H27N3O7S/c28-22(25-12-14-26(15-13-25)23(29)24(34-31)10-11-24)18-6-4-17(5-7-18)19-2-1-3-20(16-19)27(30)35(32,33)21-8-9-21/h1-7,16,21,30-31H,8-15H2. The van der Waals surface area contributed by atoms with Gasteiger partial charge in [0.15, 0.2) is 5.60 Å². The predicted octanol–water partition coefficient (Wildman–Crippen LogP) is 2.35. The minimum atomic E-state index is -3.77. The molecule has 0 aromatic heterocycles. The topological polar surface area (TPSA) is 128 Å². The average molecular weight is 502 g/mol. The van der Waals surface area contributed by atoms with Crippen molar-refractivity contribution in [2.75, 3.05) is 30.6 Å². The van der Waals surface area contributed by atoms with Gasteiger partial charge in [-0.15, -0.1) is 4.47 Å². The zero-order chi connectivity index (χ0) is 24.8. The summed E-state index contributed by atoms with van der Waals surface area (Å²) >= 11 is 0. The number of piperazine rings is 1. The monoisotopic (exact) mass is 501 g/mol. The van der Waals surface area contributed by atoms with E-state index in [2.05, 4.69) is 4.89 Å². The number of carbonyl (C=O) groups excluding carboxylic acids is 2. The van der Waals surface area contributed by atoms with E-state index in [1.54, 1.807) is 52.3 Å². The van der Waals surface area contributed by atoms with Crippen LogP contribution in [-0.4, -0.2) is 77.5 Å². The van der Waals surface area contributed by atoms with Crippen LogP contribution in [0.2, 0.25) is 0 Å². The number of benzene rings is 2. The third kappa shape index (κ3) is 4.52. The van der Waals surface area contributed by atoms with E-state index >= 15 is 0 Å². The van der Waals surface area contributed by atoms with Gasteiger partial charge in [-0.3, -0.25) is 20.1 Å². The molecule has 2 aliphatic carbocycles. The van der Waals surface area contributed by atoms with Gasteiger partial charge in [0.25, 0.3) is 21.8 Å². The molecular formula is C24H27N3O7S. The molecular weight excluding hydrogens is 474 g/mol. The molecule has 1 saturated heterocycles. The van der Waals surface area contributed by atoms with Crippen LogP contribution in [0.4, 0.5) is 5.69 Å². The first-order valence-electron chi connectivity index (χ1n) is 11.6. The summed E-state index contributed by atoms with van der Waals surface area (Å²) in [6.07, 6.45) is 2.11. The summed E-state index contributed by atoms with van der Waals surface area (Å²) in [7, 11) is -3.77. The number of carbonyl (C=O) groups is 2. The molecule has 186 valence electrons. The van der Waals surface area contributed by atoms with Crippen molar-refractivity contribution in [2.24, 2.45) is 0 Å². The Bertz CT molecular complexity index is 1230. The van der Waals surface area contributed by atoms with Crippen LogP contribution in [0.5, 0.6) is 0 Å². The molecule has 3 aliphatic rings. The van der Waals surface area contributed by atoms with Gasteiger partial charge in [0.1, 0.15) is 0 Å². The number of hydrogen-bond donors (Lipinski definition) is 2. The Morgan fingerprint density at radius 3 is 2.14 bits per heavy atom. The van der Waals surface area contributed by atoms with Crippen LogP contribution in [0.25, 0.3) is 11.1 Å². The van der Waals surface area contributed by atoms with Crippen LogP contribution >= 0.6 is 0 Å². The Morgan fingerprint density at radius 2 is 1.57 bits per heavy atom. The third-order valence-corrected chi connectivity index (χ3v) is 8.85. The maximum absolute atomic E-state index is 13.0. The highest BCUT2D eigenvalue weighted by molar-refractivity contribution is 7.93. The van der Waals surface area contributed by atoms with Crippen LogP contribution in [0, 0.1) is 0 Å². The highest BCUT2D eigenvalue weighted by Gasteiger charge is 2.54. The number of hydrogen-bond acceptors (Lipinski definition) is 7. The molecule has 3 fully saturated rings. The van der Waals surface area contributed by atoms with E-state index in [1.807, 2.05) is 0 Å². The molecule has 35 heavy (non-hydrogen) atoms.